The maximum Gasteiger partial charge on any atom is 0.127 e. The predicted octanol–water partition coefficient (Wildman–Crippen LogP) is 5.50. The van der Waals surface area contributed by atoms with Gasteiger partial charge in [-0.25, -0.2) is 0 Å². The van der Waals surface area contributed by atoms with Crippen LogP contribution in [0.25, 0.3) is 21.5 Å². The SMILES string of the molecule is Oc1ccc(C2c3c(O)cc(O)c4c3c(cc3ccc(O)cc34)C2c2cc(O)cc(O)c2)cc1. The van der Waals surface area contributed by atoms with E-state index in [1.54, 1.807) is 54.6 Å². The molecular formula is C28H20O6. The highest BCUT2D eigenvalue weighted by molar-refractivity contribution is 6.15. The maximum atomic E-state index is 11.1. The van der Waals surface area contributed by atoms with Crippen molar-refractivity contribution in [1.29, 1.82) is 0 Å². The van der Waals surface area contributed by atoms with Crippen LogP contribution >= 0.6 is 0 Å². The molecule has 2 atom stereocenters. The van der Waals surface area contributed by atoms with E-state index in [9.17, 15) is 30.6 Å². The van der Waals surface area contributed by atoms with E-state index in [0.29, 0.717) is 27.3 Å². The van der Waals surface area contributed by atoms with Crippen LogP contribution in [0.2, 0.25) is 0 Å². The van der Waals surface area contributed by atoms with Gasteiger partial charge in [-0.3, -0.25) is 0 Å². The lowest BCUT2D eigenvalue weighted by Crippen LogP contribution is -2.09. The number of benzene rings is 5. The molecule has 0 spiro atoms. The normalized spacial score (nSPS) is 16.9. The molecule has 0 aliphatic heterocycles. The van der Waals surface area contributed by atoms with Gasteiger partial charge in [-0.1, -0.05) is 18.2 Å². The minimum atomic E-state index is -0.440. The zero-order chi connectivity index (χ0) is 23.7. The minimum absolute atomic E-state index is 0.0550. The molecule has 0 bridgehead atoms. The van der Waals surface area contributed by atoms with Gasteiger partial charge in [0.1, 0.15) is 34.5 Å². The number of rotatable bonds is 2. The lowest BCUT2D eigenvalue weighted by Gasteiger charge is -2.24. The Hall–Kier alpha value is -4.58. The molecule has 6 rings (SSSR count). The summed E-state index contributed by atoms with van der Waals surface area (Å²) in [5.41, 5.74) is 2.82. The maximum absolute atomic E-state index is 11.1. The van der Waals surface area contributed by atoms with Crippen LogP contribution in [0, 0.1) is 0 Å². The number of aromatic hydroxyl groups is 6. The molecule has 1 aliphatic carbocycles. The van der Waals surface area contributed by atoms with E-state index in [4.69, 9.17) is 0 Å². The van der Waals surface area contributed by atoms with Gasteiger partial charge in [-0.15, -0.1) is 0 Å². The molecule has 5 aromatic rings. The largest absolute Gasteiger partial charge is 0.508 e. The van der Waals surface area contributed by atoms with E-state index in [-0.39, 0.29) is 34.5 Å². The van der Waals surface area contributed by atoms with E-state index in [1.807, 2.05) is 6.07 Å². The van der Waals surface area contributed by atoms with Crippen molar-refractivity contribution in [2.24, 2.45) is 0 Å². The smallest absolute Gasteiger partial charge is 0.127 e. The first-order chi connectivity index (χ1) is 16.3. The van der Waals surface area contributed by atoms with E-state index in [2.05, 4.69) is 0 Å². The molecule has 2 unspecified atom stereocenters. The fourth-order valence-corrected chi connectivity index (χ4v) is 5.49. The van der Waals surface area contributed by atoms with Crippen LogP contribution in [-0.2, 0) is 0 Å². The summed E-state index contributed by atoms with van der Waals surface area (Å²) in [6.45, 7) is 0. The predicted molar refractivity (Wildman–Crippen MR) is 128 cm³/mol. The van der Waals surface area contributed by atoms with Gasteiger partial charge in [0.15, 0.2) is 0 Å². The standard InChI is InChI=1S/C28H20O6/c29-16-4-1-13(2-5-16)25-24(15-7-18(31)10-19(32)8-15)21-9-14-3-6-17(30)11-20(14)26-22(33)12-23(34)28(25)27(21)26/h1-12,24-25,29-34H. The quantitative estimate of drug-likeness (QED) is 0.197. The van der Waals surface area contributed by atoms with Crippen LogP contribution in [0.4, 0.5) is 0 Å². The molecule has 0 saturated heterocycles. The van der Waals surface area contributed by atoms with Crippen LogP contribution in [0.5, 0.6) is 34.5 Å². The molecule has 0 heterocycles. The molecule has 0 radical (unpaired) electrons. The summed E-state index contributed by atoms with van der Waals surface area (Å²) in [6, 6.07) is 19.3. The van der Waals surface area contributed by atoms with E-state index in [1.165, 1.54) is 12.1 Å². The monoisotopic (exact) mass is 452 g/mol. The molecule has 1 aliphatic rings. The van der Waals surface area contributed by atoms with Gasteiger partial charge in [0, 0.05) is 34.9 Å². The van der Waals surface area contributed by atoms with Crippen molar-refractivity contribution >= 4 is 21.5 Å². The number of phenols is 6. The Morgan fingerprint density at radius 3 is 1.85 bits per heavy atom. The molecule has 0 fully saturated rings. The van der Waals surface area contributed by atoms with Crippen molar-refractivity contribution < 1.29 is 30.6 Å². The first kappa shape index (κ1) is 20.1. The second-order valence-corrected chi connectivity index (χ2v) is 8.78. The average molecular weight is 452 g/mol. The molecule has 6 N–H and O–H groups in total. The number of hydrogen-bond acceptors (Lipinski definition) is 6. The number of phenolic OH excluding ortho intramolecular Hbond substituents is 6. The summed E-state index contributed by atoms with van der Waals surface area (Å²) < 4.78 is 0. The van der Waals surface area contributed by atoms with E-state index in [0.717, 1.165) is 16.5 Å². The summed E-state index contributed by atoms with van der Waals surface area (Å²) in [6.07, 6.45) is 0. The second-order valence-electron chi connectivity index (χ2n) is 8.78. The van der Waals surface area contributed by atoms with Gasteiger partial charge in [-0.05, 0) is 75.3 Å². The first-order valence-corrected chi connectivity index (χ1v) is 10.8. The lowest BCUT2D eigenvalue weighted by molar-refractivity contribution is 0.446. The fourth-order valence-electron chi connectivity index (χ4n) is 5.49. The molecule has 6 nitrogen and oxygen atoms in total. The fraction of sp³-hybridized carbons (Fsp3) is 0.0714. The summed E-state index contributed by atoms with van der Waals surface area (Å²) in [5, 5.41) is 65.0. The average Bonchev–Trinajstić information content (AvgIpc) is 3.12. The molecule has 34 heavy (non-hydrogen) atoms. The van der Waals surface area contributed by atoms with Crippen LogP contribution in [-0.4, -0.2) is 30.6 Å². The van der Waals surface area contributed by atoms with E-state index < -0.39 is 11.8 Å². The van der Waals surface area contributed by atoms with Crippen LogP contribution in [0.1, 0.15) is 34.1 Å². The molecule has 0 aromatic heterocycles. The Bertz CT molecular complexity index is 1600. The summed E-state index contributed by atoms with van der Waals surface area (Å²) in [7, 11) is 0. The van der Waals surface area contributed by atoms with Gasteiger partial charge < -0.3 is 30.6 Å². The van der Waals surface area contributed by atoms with Gasteiger partial charge in [0.2, 0.25) is 0 Å². The highest BCUT2D eigenvalue weighted by Crippen LogP contribution is 2.59. The third-order valence-corrected chi connectivity index (χ3v) is 6.75. The number of hydrogen-bond donors (Lipinski definition) is 6. The number of fused-ring (bicyclic) bond motifs is 2. The van der Waals surface area contributed by atoms with Gasteiger partial charge in [-0.2, -0.15) is 0 Å². The molecule has 6 heteroatoms. The Morgan fingerprint density at radius 1 is 0.471 bits per heavy atom. The molecule has 5 aromatic carbocycles. The zero-order valence-corrected chi connectivity index (χ0v) is 17.8. The highest BCUT2D eigenvalue weighted by atomic mass is 16.3. The van der Waals surface area contributed by atoms with Crippen molar-refractivity contribution in [3.8, 4) is 34.5 Å². The molecule has 0 amide bonds. The molecule has 168 valence electrons. The van der Waals surface area contributed by atoms with Crippen LogP contribution in [0.15, 0.2) is 72.8 Å². The van der Waals surface area contributed by atoms with Gasteiger partial charge in [0.25, 0.3) is 0 Å². The topological polar surface area (TPSA) is 121 Å². The summed E-state index contributed by atoms with van der Waals surface area (Å²) in [5.74, 6) is -1.09. The Kier molecular flexibility index (Phi) is 4.10. The minimum Gasteiger partial charge on any atom is -0.508 e. The molecule has 0 saturated carbocycles. The van der Waals surface area contributed by atoms with E-state index >= 15 is 0 Å². The zero-order valence-electron chi connectivity index (χ0n) is 17.8. The van der Waals surface area contributed by atoms with Gasteiger partial charge >= 0.3 is 0 Å². The highest BCUT2D eigenvalue weighted by Gasteiger charge is 2.40. The summed E-state index contributed by atoms with van der Waals surface area (Å²) in [4.78, 5) is 0. The Labute approximate surface area is 193 Å². The van der Waals surface area contributed by atoms with Crippen LogP contribution < -0.4 is 0 Å². The second kappa shape index (κ2) is 6.96. The third kappa shape index (κ3) is 2.82. The summed E-state index contributed by atoms with van der Waals surface area (Å²) >= 11 is 0. The van der Waals surface area contributed by atoms with Crippen molar-refractivity contribution in [2.75, 3.05) is 0 Å². The van der Waals surface area contributed by atoms with Crippen molar-refractivity contribution in [1.82, 2.24) is 0 Å². The van der Waals surface area contributed by atoms with Crippen molar-refractivity contribution in [2.45, 2.75) is 11.8 Å². The molecular weight excluding hydrogens is 432 g/mol. The van der Waals surface area contributed by atoms with Crippen LogP contribution in [0.3, 0.4) is 0 Å². The van der Waals surface area contributed by atoms with Crippen molar-refractivity contribution in [3.63, 3.8) is 0 Å². The Balaban J connectivity index is 1.78. The van der Waals surface area contributed by atoms with Gasteiger partial charge in [0.05, 0.1) is 0 Å². The van der Waals surface area contributed by atoms with Crippen molar-refractivity contribution in [3.05, 3.63) is 95.1 Å². The Morgan fingerprint density at radius 2 is 1.15 bits per heavy atom. The lowest BCUT2D eigenvalue weighted by atomic mass is 9.79. The third-order valence-electron chi connectivity index (χ3n) is 6.75. The first-order valence-electron chi connectivity index (χ1n) is 10.8.